The van der Waals surface area contributed by atoms with E-state index in [0.29, 0.717) is 0 Å². The van der Waals surface area contributed by atoms with Gasteiger partial charge in [-0.15, -0.1) is 0 Å². The van der Waals surface area contributed by atoms with Gasteiger partial charge in [-0.3, -0.25) is 5.43 Å². The molecule has 1 heterocycles. The van der Waals surface area contributed by atoms with E-state index < -0.39 is 0 Å². The van der Waals surface area contributed by atoms with E-state index in [0.717, 1.165) is 18.0 Å². The van der Waals surface area contributed by atoms with Gasteiger partial charge in [-0.1, -0.05) is 24.3 Å². The van der Waals surface area contributed by atoms with Crippen molar-refractivity contribution in [2.24, 2.45) is 4.99 Å². The summed E-state index contributed by atoms with van der Waals surface area (Å²) in [5, 5.41) is 0. The van der Waals surface area contributed by atoms with E-state index in [4.69, 9.17) is 0 Å². The molecule has 0 saturated carbocycles. The third kappa shape index (κ3) is 3.60. The number of hydrogen-bond acceptors (Lipinski definition) is 3. The van der Waals surface area contributed by atoms with Crippen LogP contribution in [0.2, 0.25) is 0 Å². The van der Waals surface area contributed by atoms with Crippen LogP contribution in [0, 0.1) is 0 Å². The summed E-state index contributed by atoms with van der Waals surface area (Å²) in [5.74, 6) is 0.936. The molecule has 3 nitrogen and oxygen atoms in total. The number of hydrazine groups is 1. The van der Waals surface area contributed by atoms with Gasteiger partial charge in [0, 0.05) is 18.3 Å². The third-order valence-electron chi connectivity index (χ3n) is 1.57. The van der Waals surface area contributed by atoms with E-state index >= 15 is 0 Å². The monoisotopic (exact) mass is 177 g/mol. The molecular weight excluding hydrogens is 162 g/mol. The first-order chi connectivity index (χ1) is 6.33. The normalized spacial score (nSPS) is 16.8. The van der Waals surface area contributed by atoms with E-state index in [-0.39, 0.29) is 0 Å². The third-order valence-corrected chi connectivity index (χ3v) is 1.57. The van der Waals surface area contributed by atoms with E-state index in [1.165, 1.54) is 0 Å². The Hall–Kier alpha value is -1.51. The van der Waals surface area contributed by atoms with Crippen LogP contribution in [0.15, 0.2) is 41.2 Å². The molecule has 0 amide bonds. The average molecular weight is 177 g/mol. The van der Waals surface area contributed by atoms with Gasteiger partial charge in [-0.25, -0.2) is 4.99 Å². The van der Waals surface area contributed by atoms with Gasteiger partial charge in [0.25, 0.3) is 0 Å². The molecule has 0 spiro atoms. The summed E-state index contributed by atoms with van der Waals surface area (Å²) in [6, 6.07) is 0. The highest BCUT2D eigenvalue weighted by molar-refractivity contribution is 5.84. The fourth-order valence-corrected chi connectivity index (χ4v) is 0.883. The molecule has 3 heteroatoms. The van der Waals surface area contributed by atoms with Crippen molar-refractivity contribution in [3.05, 3.63) is 36.2 Å². The molecule has 0 atom stereocenters. The van der Waals surface area contributed by atoms with Crippen LogP contribution in [0.5, 0.6) is 0 Å². The molecule has 2 N–H and O–H groups in total. The number of allylic oxidation sites excluding steroid dienone is 4. The Labute approximate surface area is 78.9 Å². The first-order valence-corrected chi connectivity index (χ1v) is 4.36. The predicted octanol–water partition coefficient (Wildman–Crippen LogP) is 1.88. The predicted molar refractivity (Wildman–Crippen MR) is 56.0 cm³/mol. The van der Waals surface area contributed by atoms with Crippen LogP contribution < -0.4 is 10.9 Å². The summed E-state index contributed by atoms with van der Waals surface area (Å²) in [5.41, 5.74) is 7.03. The van der Waals surface area contributed by atoms with Crippen molar-refractivity contribution in [3.63, 3.8) is 0 Å². The van der Waals surface area contributed by atoms with Crippen molar-refractivity contribution < 1.29 is 0 Å². The van der Waals surface area contributed by atoms with Crippen molar-refractivity contribution in [1.29, 1.82) is 0 Å². The van der Waals surface area contributed by atoms with Gasteiger partial charge in [-0.2, -0.15) is 0 Å². The molecule has 13 heavy (non-hydrogen) atoms. The van der Waals surface area contributed by atoms with Crippen LogP contribution in [-0.2, 0) is 0 Å². The average Bonchev–Trinajstić information content (AvgIpc) is 2.15. The number of nitrogens with one attached hydrogen (secondary N) is 2. The highest BCUT2D eigenvalue weighted by atomic mass is 15.4. The minimum Gasteiger partial charge on any atom is -0.303 e. The fraction of sp³-hybridized carbons (Fsp3) is 0.300. The summed E-state index contributed by atoms with van der Waals surface area (Å²) in [7, 11) is 0. The van der Waals surface area contributed by atoms with Crippen LogP contribution in [0.25, 0.3) is 0 Å². The minimum absolute atomic E-state index is 0.821. The lowest BCUT2D eigenvalue weighted by molar-refractivity contribution is 0.737. The summed E-state index contributed by atoms with van der Waals surface area (Å²) in [4.78, 5) is 4.21. The second-order valence-electron chi connectivity index (χ2n) is 2.80. The van der Waals surface area contributed by atoms with E-state index in [2.05, 4.69) is 21.9 Å². The molecule has 1 rings (SSSR count). The Morgan fingerprint density at radius 2 is 2.23 bits per heavy atom. The van der Waals surface area contributed by atoms with Crippen molar-refractivity contribution in [2.75, 3.05) is 0 Å². The Morgan fingerprint density at radius 1 is 1.38 bits per heavy atom. The maximum absolute atomic E-state index is 4.21. The zero-order valence-corrected chi connectivity index (χ0v) is 8.04. The molecule has 0 radical (unpaired) electrons. The Morgan fingerprint density at radius 3 is 2.85 bits per heavy atom. The molecule has 0 fully saturated rings. The summed E-state index contributed by atoms with van der Waals surface area (Å²) >= 11 is 0. The molecule has 0 aliphatic carbocycles. The number of hydrogen-bond donors (Lipinski definition) is 2. The molecule has 1 aliphatic heterocycles. The Bertz CT molecular complexity index is 272. The van der Waals surface area contributed by atoms with Crippen LogP contribution in [-0.4, -0.2) is 5.84 Å². The van der Waals surface area contributed by atoms with Gasteiger partial charge in [0.1, 0.15) is 5.84 Å². The quantitative estimate of drug-likeness (QED) is 0.646. The second kappa shape index (κ2) is 5.19. The maximum atomic E-state index is 4.21. The van der Waals surface area contributed by atoms with Crippen molar-refractivity contribution in [2.45, 2.75) is 20.3 Å². The van der Waals surface area contributed by atoms with E-state index in [1.807, 2.05) is 38.3 Å². The molecule has 70 valence electrons. The fourth-order valence-electron chi connectivity index (χ4n) is 0.883. The molecule has 0 aromatic carbocycles. The highest BCUT2D eigenvalue weighted by Gasteiger charge is 1.98. The van der Waals surface area contributed by atoms with Crippen LogP contribution in [0.4, 0.5) is 0 Å². The number of aliphatic imine (C=N–C) groups is 1. The topological polar surface area (TPSA) is 36.4 Å². The van der Waals surface area contributed by atoms with Crippen molar-refractivity contribution in [3.8, 4) is 0 Å². The summed E-state index contributed by atoms with van der Waals surface area (Å²) in [6.45, 7) is 3.96. The Kier molecular flexibility index (Phi) is 3.82. The first-order valence-electron chi connectivity index (χ1n) is 4.36. The standard InChI is InChI=1S/C10H15N3/c1-3-4-5-6-7-10-11-8-9(2)12-13-10/h3-6,8,12H,7H2,1-2H3,(H,11,13)/b4-3-,6-5-. The molecule has 1 aliphatic rings. The second-order valence-corrected chi connectivity index (χ2v) is 2.80. The van der Waals surface area contributed by atoms with Crippen molar-refractivity contribution in [1.82, 2.24) is 10.9 Å². The van der Waals surface area contributed by atoms with Gasteiger partial charge in [0.05, 0.1) is 0 Å². The van der Waals surface area contributed by atoms with E-state index in [9.17, 15) is 0 Å². The van der Waals surface area contributed by atoms with Crippen molar-refractivity contribution >= 4 is 5.84 Å². The molecule has 0 unspecified atom stereocenters. The lowest BCUT2D eigenvalue weighted by Crippen LogP contribution is -2.37. The summed E-state index contributed by atoms with van der Waals surface area (Å²) in [6.07, 6.45) is 10.7. The highest BCUT2D eigenvalue weighted by Crippen LogP contribution is 1.95. The maximum Gasteiger partial charge on any atom is 0.124 e. The molecule has 0 aromatic rings. The first kappa shape index (κ1) is 9.58. The Balaban J connectivity index is 2.38. The van der Waals surface area contributed by atoms with Crippen LogP contribution >= 0.6 is 0 Å². The molecule has 0 bridgehead atoms. The number of nitrogens with zero attached hydrogens (tertiary/aromatic N) is 1. The number of amidine groups is 1. The van der Waals surface area contributed by atoms with Gasteiger partial charge < -0.3 is 5.43 Å². The molecule has 0 saturated heterocycles. The van der Waals surface area contributed by atoms with Gasteiger partial charge in [-0.05, 0) is 13.8 Å². The van der Waals surface area contributed by atoms with E-state index in [1.54, 1.807) is 0 Å². The lowest BCUT2D eigenvalue weighted by atomic mass is 10.3. The molecular formula is C10H15N3. The van der Waals surface area contributed by atoms with Crippen LogP contribution in [0.3, 0.4) is 0 Å². The zero-order valence-electron chi connectivity index (χ0n) is 8.04. The van der Waals surface area contributed by atoms with Gasteiger partial charge in [0.15, 0.2) is 0 Å². The summed E-state index contributed by atoms with van der Waals surface area (Å²) < 4.78 is 0. The number of rotatable bonds is 3. The van der Waals surface area contributed by atoms with Gasteiger partial charge >= 0.3 is 0 Å². The lowest BCUT2D eigenvalue weighted by Gasteiger charge is -2.14. The smallest absolute Gasteiger partial charge is 0.124 e. The zero-order chi connectivity index (χ0) is 9.52. The van der Waals surface area contributed by atoms with Crippen LogP contribution in [0.1, 0.15) is 20.3 Å². The SMILES string of the molecule is C/C=C\C=C/CC1=NC=C(C)NN1. The largest absolute Gasteiger partial charge is 0.303 e. The minimum atomic E-state index is 0.821. The molecule has 0 aromatic heterocycles. The van der Waals surface area contributed by atoms with Gasteiger partial charge in [0.2, 0.25) is 0 Å².